The van der Waals surface area contributed by atoms with Gasteiger partial charge in [-0.25, -0.2) is 9.48 Å². The molecule has 3 heterocycles. The molecule has 21 heavy (non-hydrogen) atoms. The highest BCUT2D eigenvalue weighted by molar-refractivity contribution is 7.16. The number of fused-ring (bicyclic) bond motifs is 3. The smallest absolute Gasteiger partial charge is 0.330 e. The molecule has 3 rings (SSSR count). The maximum absolute atomic E-state index is 12.6. The van der Waals surface area contributed by atoms with Crippen LogP contribution in [0.3, 0.4) is 0 Å². The Labute approximate surface area is 124 Å². The lowest BCUT2D eigenvalue weighted by Gasteiger charge is -2.14. The van der Waals surface area contributed by atoms with Crippen LogP contribution in [0.4, 0.5) is 0 Å². The Morgan fingerprint density at radius 3 is 3.00 bits per heavy atom. The van der Waals surface area contributed by atoms with E-state index in [0.717, 1.165) is 10.2 Å². The maximum atomic E-state index is 12.6. The molecule has 0 aromatic carbocycles. The second-order valence-electron chi connectivity index (χ2n) is 4.77. The molecule has 0 fully saturated rings. The van der Waals surface area contributed by atoms with Crippen molar-refractivity contribution < 1.29 is 9.53 Å². The molecule has 0 aliphatic carbocycles. The SMILES string of the molecule is CCOC(=O)[C@@H](C)n1nc(C)n2c(cc3ccsc32)c1=O. The molecule has 3 aromatic rings. The lowest BCUT2D eigenvalue weighted by atomic mass is 10.3. The van der Waals surface area contributed by atoms with Gasteiger partial charge in [0.15, 0.2) is 6.04 Å². The van der Waals surface area contributed by atoms with Gasteiger partial charge in [0.25, 0.3) is 5.56 Å². The van der Waals surface area contributed by atoms with Crippen molar-refractivity contribution in [3.63, 3.8) is 0 Å². The summed E-state index contributed by atoms with van der Waals surface area (Å²) in [7, 11) is 0. The third kappa shape index (κ3) is 2.04. The fourth-order valence-corrected chi connectivity index (χ4v) is 3.33. The number of hydrogen-bond acceptors (Lipinski definition) is 5. The minimum Gasteiger partial charge on any atom is -0.464 e. The molecule has 0 bridgehead atoms. The van der Waals surface area contributed by atoms with Gasteiger partial charge >= 0.3 is 5.97 Å². The Kier molecular flexibility index (Phi) is 3.29. The number of aromatic nitrogens is 3. The molecule has 7 heteroatoms. The van der Waals surface area contributed by atoms with Gasteiger partial charge < -0.3 is 4.74 Å². The van der Waals surface area contributed by atoms with E-state index in [0.29, 0.717) is 11.3 Å². The van der Waals surface area contributed by atoms with Crippen LogP contribution in [-0.4, -0.2) is 26.8 Å². The zero-order valence-corrected chi connectivity index (χ0v) is 12.8. The summed E-state index contributed by atoms with van der Waals surface area (Å²) in [5.41, 5.74) is 0.241. The van der Waals surface area contributed by atoms with Crippen molar-refractivity contribution in [2.45, 2.75) is 26.8 Å². The van der Waals surface area contributed by atoms with Crippen molar-refractivity contribution >= 4 is 33.0 Å². The largest absolute Gasteiger partial charge is 0.464 e. The fourth-order valence-electron chi connectivity index (χ4n) is 2.39. The second kappa shape index (κ2) is 5.00. The lowest BCUT2D eigenvalue weighted by molar-refractivity contribution is -0.147. The summed E-state index contributed by atoms with van der Waals surface area (Å²) in [5, 5.41) is 7.26. The minimum absolute atomic E-state index is 0.278. The van der Waals surface area contributed by atoms with E-state index in [1.165, 1.54) is 4.68 Å². The summed E-state index contributed by atoms with van der Waals surface area (Å²) in [6.07, 6.45) is 0. The first-order valence-corrected chi connectivity index (χ1v) is 7.57. The molecule has 0 saturated carbocycles. The third-order valence-corrected chi connectivity index (χ3v) is 4.32. The number of rotatable bonds is 3. The van der Waals surface area contributed by atoms with Gasteiger partial charge in [-0.05, 0) is 38.3 Å². The highest BCUT2D eigenvalue weighted by Gasteiger charge is 2.21. The Balaban J connectivity index is 2.24. The van der Waals surface area contributed by atoms with Gasteiger partial charge in [0.05, 0.1) is 6.61 Å². The first-order valence-electron chi connectivity index (χ1n) is 6.69. The zero-order chi connectivity index (χ0) is 15.1. The summed E-state index contributed by atoms with van der Waals surface area (Å²) in [6, 6.07) is 3.05. The number of hydrogen-bond donors (Lipinski definition) is 0. The monoisotopic (exact) mass is 305 g/mol. The van der Waals surface area contributed by atoms with Crippen molar-refractivity contribution in [2.75, 3.05) is 6.61 Å². The van der Waals surface area contributed by atoms with Gasteiger partial charge in [-0.3, -0.25) is 9.20 Å². The van der Waals surface area contributed by atoms with Gasteiger partial charge in [-0.15, -0.1) is 11.3 Å². The van der Waals surface area contributed by atoms with Crippen LogP contribution in [0, 0.1) is 6.92 Å². The molecule has 6 nitrogen and oxygen atoms in total. The Morgan fingerprint density at radius 1 is 1.52 bits per heavy atom. The predicted octanol–water partition coefficient (Wildman–Crippen LogP) is 2.14. The van der Waals surface area contributed by atoms with E-state index in [2.05, 4.69) is 5.10 Å². The van der Waals surface area contributed by atoms with Gasteiger partial charge in [0.1, 0.15) is 16.2 Å². The number of aryl methyl sites for hydroxylation is 1. The van der Waals surface area contributed by atoms with Gasteiger partial charge in [-0.1, -0.05) is 0 Å². The predicted molar refractivity (Wildman–Crippen MR) is 80.9 cm³/mol. The number of carbonyl (C=O) groups is 1. The average molecular weight is 305 g/mol. The quantitative estimate of drug-likeness (QED) is 0.695. The summed E-state index contributed by atoms with van der Waals surface area (Å²) in [4.78, 5) is 25.4. The molecule has 0 unspecified atom stereocenters. The first kappa shape index (κ1) is 13.8. The van der Waals surface area contributed by atoms with Crippen molar-refractivity contribution in [1.82, 2.24) is 14.2 Å². The Hall–Kier alpha value is -2.15. The molecule has 0 N–H and O–H groups in total. The van der Waals surface area contributed by atoms with E-state index < -0.39 is 12.0 Å². The van der Waals surface area contributed by atoms with Crippen molar-refractivity contribution in [1.29, 1.82) is 0 Å². The van der Waals surface area contributed by atoms with Crippen LogP contribution >= 0.6 is 11.3 Å². The Morgan fingerprint density at radius 2 is 2.29 bits per heavy atom. The minimum atomic E-state index is -0.742. The molecule has 0 aliphatic heterocycles. The number of nitrogens with zero attached hydrogens (tertiary/aromatic N) is 3. The zero-order valence-electron chi connectivity index (χ0n) is 12.0. The first-order chi connectivity index (χ1) is 10.0. The Bertz CT molecular complexity index is 890. The normalized spacial score (nSPS) is 12.9. The molecule has 0 saturated heterocycles. The van der Waals surface area contributed by atoms with Crippen LogP contribution in [-0.2, 0) is 9.53 Å². The maximum Gasteiger partial charge on any atom is 0.330 e. The van der Waals surface area contributed by atoms with E-state index in [1.54, 1.807) is 25.2 Å². The number of carbonyl (C=O) groups excluding carboxylic acids is 1. The fraction of sp³-hybridized carbons (Fsp3) is 0.357. The molecule has 1 atom stereocenters. The summed E-state index contributed by atoms with van der Waals surface area (Å²) in [5.74, 6) is 0.211. The average Bonchev–Trinajstić information content (AvgIpc) is 3.02. The van der Waals surface area contributed by atoms with Crippen molar-refractivity contribution in [3.05, 3.63) is 33.7 Å². The number of ether oxygens (including phenoxy) is 1. The van der Waals surface area contributed by atoms with E-state index in [9.17, 15) is 9.59 Å². The van der Waals surface area contributed by atoms with E-state index >= 15 is 0 Å². The summed E-state index contributed by atoms with van der Waals surface area (Å²) >= 11 is 1.56. The molecule has 0 amide bonds. The third-order valence-electron chi connectivity index (χ3n) is 3.41. The summed E-state index contributed by atoms with van der Waals surface area (Å²) < 4.78 is 8.00. The molecule has 0 spiro atoms. The van der Waals surface area contributed by atoms with Crippen LogP contribution in [0.5, 0.6) is 0 Å². The van der Waals surface area contributed by atoms with Crippen LogP contribution in [0.25, 0.3) is 15.7 Å². The van der Waals surface area contributed by atoms with E-state index in [4.69, 9.17) is 4.74 Å². The van der Waals surface area contributed by atoms with E-state index in [-0.39, 0.29) is 12.2 Å². The van der Waals surface area contributed by atoms with Crippen LogP contribution < -0.4 is 5.56 Å². The number of esters is 1. The molecular formula is C14H15N3O3S. The van der Waals surface area contributed by atoms with Crippen molar-refractivity contribution in [2.24, 2.45) is 0 Å². The molecule has 110 valence electrons. The highest BCUT2D eigenvalue weighted by atomic mass is 32.1. The van der Waals surface area contributed by atoms with Gasteiger partial charge in [0.2, 0.25) is 0 Å². The van der Waals surface area contributed by atoms with Crippen LogP contribution in [0.1, 0.15) is 25.7 Å². The highest BCUT2D eigenvalue weighted by Crippen LogP contribution is 2.24. The molecular weight excluding hydrogens is 290 g/mol. The molecule has 3 aromatic heterocycles. The number of thiophene rings is 1. The topological polar surface area (TPSA) is 65.6 Å². The lowest BCUT2D eigenvalue weighted by Crippen LogP contribution is -2.33. The van der Waals surface area contributed by atoms with Gasteiger partial charge in [-0.2, -0.15) is 5.10 Å². The summed E-state index contributed by atoms with van der Waals surface area (Å²) in [6.45, 7) is 5.45. The van der Waals surface area contributed by atoms with Gasteiger partial charge in [0, 0.05) is 5.39 Å². The second-order valence-corrected chi connectivity index (χ2v) is 5.67. The molecule has 0 radical (unpaired) electrons. The standard InChI is InChI=1S/C14H15N3O3S/c1-4-20-14(19)8(2)17-12(18)11-7-10-5-6-21-13(10)16(11)9(3)15-17/h5-8H,4H2,1-3H3/t8-/m1/s1. The molecule has 0 aliphatic rings. The van der Waals surface area contributed by atoms with E-state index in [1.807, 2.05) is 28.8 Å². The van der Waals surface area contributed by atoms with Crippen molar-refractivity contribution in [3.8, 4) is 0 Å². The van der Waals surface area contributed by atoms with Crippen LogP contribution in [0.15, 0.2) is 22.3 Å². The van der Waals surface area contributed by atoms with Crippen LogP contribution in [0.2, 0.25) is 0 Å².